The number of carbonyl (C=O) groups is 1. The van der Waals surface area contributed by atoms with Gasteiger partial charge in [-0.25, -0.2) is 0 Å². The molecule has 2 fully saturated rings. The molecule has 1 aromatic carbocycles. The van der Waals surface area contributed by atoms with Gasteiger partial charge >= 0.3 is 0 Å². The van der Waals surface area contributed by atoms with Crippen LogP contribution in [0, 0.1) is 0 Å². The van der Waals surface area contributed by atoms with Gasteiger partial charge in [0.2, 0.25) is 0 Å². The fraction of sp³-hybridized carbons (Fsp3) is 0.611. The summed E-state index contributed by atoms with van der Waals surface area (Å²) < 4.78 is 10.9. The summed E-state index contributed by atoms with van der Waals surface area (Å²) in [5, 5.41) is 0. The van der Waals surface area contributed by atoms with Crippen molar-refractivity contribution in [3.63, 3.8) is 0 Å². The predicted octanol–water partition coefficient (Wildman–Crippen LogP) is 2.16. The maximum atomic E-state index is 12.5. The summed E-state index contributed by atoms with van der Waals surface area (Å²) in [5.74, 6) is 1.37. The smallest absolute Gasteiger partial charge is 0.260 e. The summed E-state index contributed by atoms with van der Waals surface area (Å²) >= 11 is 0. The second-order valence-electron chi connectivity index (χ2n) is 6.33. The number of hydrogen-bond acceptors (Lipinski definition) is 4. The van der Waals surface area contributed by atoms with Gasteiger partial charge in [0.25, 0.3) is 5.91 Å². The third-order valence-corrected chi connectivity index (χ3v) is 4.79. The molecule has 1 amide bonds. The maximum Gasteiger partial charge on any atom is 0.260 e. The minimum absolute atomic E-state index is 0.0802. The topological polar surface area (TPSA) is 42.0 Å². The van der Waals surface area contributed by atoms with Crippen LogP contribution in [-0.4, -0.2) is 61.6 Å². The molecule has 5 heteroatoms. The minimum atomic E-state index is 0.0802. The number of benzene rings is 1. The SMILES string of the molecule is COc1ccccc1OCC(=O)N1CCC[C@H]1CN1CCCC1. The van der Waals surface area contributed by atoms with E-state index in [0.29, 0.717) is 17.5 Å². The van der Waals surface area contributed by atoms with Crippen LogP contribution in [0.15, 0.2) is 24.3 Å². The molecular formula is C18H26N2O3. The molecule has 0 radical (unpaired) electrons. The van der Waals surface area contributed by atoms with E-state index in [9.17, 15) is 4.79 Å². The molecule has 0 aromatic heterocycles. The zero-order chi connectivity index (χ0) is 16.1. The van der Waals surface area contributed by atoms with Crippen LogP contribution in [0.3, 0.4) is 0 Å². The third-order valence-electron chi connectivity index (χ3n) is 4.79. The number of methoxy groups -OCH3 is 1. The largest absolute Gasteiger partial charge is 0.493 e. The lowest BCUT2D eigenvalue weighted by Gasteiger charge is -2.28. The first-order valence-electron chi connectivity index (χ1n) is 8.55. The van der Waals surface area contributed by atoms with E-state index in [1.54, 1.807) is 7.11 Å². The Bertz CT molecular complexity index is 529. The first kappa shape index (κ1) is 16.1. The predicted molar refractivity (Wildman–Crippen MR) is 88.9 cm³/mol. The van der Waals surface area contributed by atoms with Gasteiger partial charge in [-0.15, -0.1) is 0 Å². The molecule has 126 valence electrons. The van der Waals surface area contributed by atoms with Gasteiger partial charge in [-0.05, 0) is 50.9 Å². The Morgan fingerprint density at radius 1 is 1.13 bits per heavy atom. The van der Waals surface area contributed by atoms with Crippen molar-refractivity contribution in [2.24, 2.45) is 0 Å². The zero-order valence-corrected chi connectivity index (χ0v) is 13.9. The number of likely N-dealkylation sites (tertiary alicyclic amines) is 2. The molecule has 2 aliphatic rings. The van der Waals surface area contributed by atoms with E-state index >= 15 is 0 Å². The first-order valence-corrected chi connectivity index (χ1v) is 8.55. The van der Waals surface area contributed by atoms with E-state index in [4.69, 9.17) is 9.47 Å². The number of ether oxygens (including phenoxy) is 2. The van der Waals surface area contributed by atoms with Crippen LogP contribution in [0.4, 0.5) is 0 Å². The second kappa shape index (κ2) is 7.68. The highest BCUT2D eigenvalue weighted by molar-refractivity contribution is 5.78. The standard InChI is InChI=1S/C18H26N2O3/c1-22-16-8-2-3-9-17(16)23-14-18(21)20-12-6-7-15(20)13-19-10-4-5-11-19/h2-3,8-9,15H,4-7,10-14H2,1H3/t15-/m0/s1. The molecule has 1 atom stereocenters. The van der Waals surface area contributed by atoms with Crippen LogP contribution in [0.5, 0.6) is 11.5 Å². The van der Waals surface area contributed by atoms with Crippen LogP contribution in [0.2, 0.25) is 0 Å². The Morgan fingerprint density at radius 3 is 2.61 bits per heavy atom. The van der Waals surface area contributed by atoms with E-state index in [-0.39, 0.29) is 12.5 Å². The lowest BCUT2D eigenvalue weighted by atomic mass is 10.2. The van der Waals surface area contributed by atoms with Crippen molar-refractivity contribution in [2.45, 2.75) is 31.7 Å². The van der Waals surface area contributed by atoms with Gasteiger partial charge < -0.3 is 19.3 Å². The normalized spacial score (nSPS) is 21.6. The van der Waals surface area contributed by atoms with Crippen molar-refractivity contribution in [2.75, 3.05) is 39.9 Å². The van der Waals surface area contributed by atoms with Crippen LogP contribution in [-0.2, 0) is 4.79 Å². The number of amides is 1. The Balaban J connectivity index is 1.54. The molecule has 2 saturated heterocycles. The summed E-state index contributed by atoms with van der Waals surface area (Å²) in [4.78, 5) is 17.0. The molecule has 2 aliphatic heterocycles. The fourth-order valence-electron chi connectivity index (χ4n) is 3.58. The van der Waals surface area contributed by atoms with Crippen molar-refractivity contribution in [3.8, 4) is 11.5 Å². The highest BCUT2D eigenvalue weighted by Crippen LogP contribution is 2.26. The van der Waals surface area contributed by atoms with Gasteiger partial charge in [-0.1, -0.05) is 12.1 Å². The molecule has 0 unspecified atom stereocenters. The molecule has 0 saturated carbocycles. The number of para-hydroxylation sites is 2. The molecule has 0 bridgehead atoms. The number of rotatable bonds is 6. The van der Waals surface area contributed by atoms with Crippen LogP contribution in [0.25, 0.3) is 0 Å². The summed E-state index contributed by atoms with van der Waals surface area (Å²) in [5.41, 5.74) is 0. The Kier molecular flexibility index (Phi) is 5.39. The van der Waals surface area contributed by atoms with Crippen LogP contribution in [0.1, 0.15) is 25.7 Å². The highest BCUT2D eigenvalue weighted by atomic mass is 16.5. The molecule has 0 spiro atoms. The van der Waals surface area contributed by atoms with Gasteiger partial charge in [-0.3, -0.25) is 4.79 Å². The van der Waals surface area contributed by atoms with Gasteiger partial charge in [0.05, 0.1) is 7.11 Å². The molecule has 0 aliphatic carbocycles. The molecule has 0 N–H and O–H groups in total. The van der Waals surface area contributed by atoms with E-state index in [1.165, 1.54) is 25.9 Å². The van der Waals surface area contributed by atoms with Gasteiger partial charge in [0.1, 0.15) is 0 Å². The third kappa shape index (κ3) is 3.96. The fourth-order valence-corrected chi connectivity index (χ4v) is 3.58. The van der Waals surface area contributed by atoms with Crippen LogP contribution >= 0.6 is 0 Å². The van der Waals surface area contributed by atoms with E-state index in [1.807, 2.05) is 29.2 Å². The zero-order valence-electron chi connectivity index (χ0n) is 13.9. The molecular weight excluding hydrogens is 292 g/mol. The minimum Gasteiger partial charge on any atom is -0.493 e. The molecule has 5 nitrogen and oxygen atoms in total. The van der Waals surface area contributed by atoms with Crippen molar-refractivity contribution in [1.82, 2.24) is 9.80 Å². The van der Waals surface area contributed by atoms with Crippen LogP contribution < -0.4 is 9.47 Å². The number of nitrogens with zero attached hydrogens (tertiary/aromatic N) is 2. The summed E-state index contributed by atoms with van der Waals surface area (Å²) in [7, 11) is 1.61. The summed E-state index contributed by atoms with van der Waals surface area (Å²) in [6, 6.07) is 7.79. The highest BCUT2D eigenvalue weighted by Gasteiger charge is 2.31. The summed E-state index contributed by atoms with van der Waals surface area (Å²) in [6.45, 7) is 4.30. The Hall–Kier alpha value is -1.75. The summed E-state index contributed by atoms with van der Waals surface area (Å²) in [6.07, 6.45) is 4.78. The van der Waals surface area contributed by atoms with Gasteiger partial charge in [0, 0.05) is 19.1 Å². The molecule has 3 rings (SSSR count). The average Bonchev–Trinajstić information content (AvgIpc) is 3.25. The average molecular weight is 318 g/mol. The van der Waals surface area contributed by atoms with Crippen molar-refractivity contribution < 1.29 is 14.3 Å². The second-order valence-corrected chi connectivity index (χ2v) is 6.33. The van der Waals surface area contributed by atoms with E-state index in [0.717, 1.165) is 25.9 Å². The van der Waals surface area contributed by atoms with E-state index in [2.05, 4.69) is 4.90 Å². The van der Waals surface area contributed by atoms with Crippen molar-refractivity contribution in [1.29, 1.82) is 0 Å². The Morgan fingerprint density at radius 2 is 1.87 bits per heavy atom. The van der Waals surface area contributed by atoms with Crippen molar-refractivity contribution in [3.05, 3.63) is 24.3 Å². The quantitative estimate of drug-likeness (QED) is 0.806. The Labute approximate surface area is 138 Å². The van der Waals surface area contributed by atoms with Crippen molar-refractivity contribution >= 4 is 5.91 Å². The van der Waals surface area contributed by atoms with Gasteiger partial charge in [-0.2, -0.15) is 0 Å². The number of carbonyl (C=O) groups excluding carboxylic acids is 1. The van der Waals surface area contributed by atoms with E-state index < -0.39 is 0 Å². The monoisotopic (exact) mass is 318 g/mol. The maximum absolute atomic E-state index is 12.5. The number of hydrogen-bond donors (Lipinski definition) is 0. The lowest BCUT2D eigenvalue weighted by Crippen LogP contribution is -2.44. The molecule has 2 heterocycles. The van der Waals surface area contributed by atoms with Gasteiger partial charge in [0.15, 0.2) is 18.1 Å². The first-order chi connectivity index (χ1) is 11.3. The molecule has 1 aromatic rings. The molecule has 23 heavy (non-hydrogen) atoms. The lowest BCUT2D eigenvalue weighted by molar-refractivity contribution is -0.134.